The van der Waals surface area contributed by atoms with Gasteiger partial charge in [-0.25, -0.2) is 8.42 Å². The van der Waals surface area contributed by atoms with Gasteiger partial charge in [-0.3, -0.25) is 4.99 Å². The molecule has 1 fully saturated rings. The minimum absolute atomic E-state index is 0.276. The van der Waals surface area contributed by atoms with E-state index in [1.54, 1.807) is 12.2 Å². The van der Waals surface area contributed by atoms with Crippen molar-refractivity contribution in [2.45, 2.75) is 33.6 Å². The first-order chi connectivity index (χ1) is 14.2. The lowest BCUT2D eigenvalue weighted by molar-refractivity contribution is 0.486. The molecule has 0 radical (unpaired) electrons. The third-order valence-electron chi connectivity index (χ3n) is 5.40. The van der Waals surface area contributed by atoms with Gasteiger partial charge in [-0.15, -0.1) is 0 Å². The van der Waals surface area contributed by atoms with Crippen LogP contribution in [0.4, 0.5) is 0 Å². The van der Waals surface area contributed by atoms with E-state index in [1.807, 2.05) is 26.8 Å². The number of sulfonamides is 1. The summed E-state index contributed by atoms with van der Waals surface area (Å²) in [5.74, 6) is 0.877. The number of fused-ring (bicyclic) bond motifs is 1. The van der Waals surface area contributed by atoms with Gasteiger partial charge in [0.2, 0.25) is 10.0 Å². The number of hydrogen-bond acceptors (Lipinski definition) is 4. The Morgan fingerprint density at radius 2 is 1.90 bits per heavy atom. The molecular formula is C23H29N3O3S. The normalized spacial score (nSPS) is 16.8. The standard InChI is InChI=1S/C23H29N3O3S/c1-5-19(9-8-14-30(27,28)26-12-6-7-13-26)15-25-23(24)22-18(4)20-16(2)10-11-17(3)21(20)29-22/h5,8-11,14H,1,6-7,12-13,15H2,2-4H3,(H2,24,25). The van der Waals surface area contributed by atoms with E-state index in [-0.39, 0.29) is 6.54 Å². The molecule has 1 saturated heterocycles. The SMILES string of the molecule is C=CC(=CC=CS(=O)(=O)N1CCCC1)CN=C(N)c1oc2c(C)ccc(C)c2c1C. The van der Waals surface area contributed by atoms with Crippen LogP contribution in [0.3, 0.4) is 0 Å². The summed E-state index contributed by atoms with van der Waals surface area (Å²) in [6.45, 7) is 11.3. The number of furan rings is 1. The molecule has 160 valence electrons. The van der Waals surface area contributed by atoms with Crippen LogP contribution in [0.5, 0.6) is 0 Å². The highest BCUT2D eigenvalue weighted by Crippen LogP contribution is 2.30. The summed E-state index contributed by atoms with van der Waals surface area (Å²) in [4.78, 5) is 4.44. The average Bonchev–Trinajstić information content (AvgIpc) is 3.36. The maximum absolute atomic E-state index is 12.3. The van der Waals surface area contributed by atoms with Gasteiger partial charge in [-0.05, 0) is 56.4 Å². The number of allylic oxidation sites excluding steroid dienone is 2. The molecule has 1 aliphatic heterocycles. The summed E-state index contributed by atoms with van der Waals surface area (Å²) in [6, 6.07) is 4.09. The Bertz CT molecular complexity index is 1150. The van der Waals surface area contributed by atoms with E-state index in [0.29, 0.717) is 24.7 Å². The van der Waals surface area contributed by atoms with Gasteiger partial charge >= 0.3 is 0 Å². The second kappa shape index (κ2) is 9.02. The molecule has 1 aliphatic rings. The molecule has 6 nitrogen and oxygen atoms in total. The van der Waals surface area contributed by atoms with Crippen molar-refractivity contribution in [3.8, 4) is 0 Å². The lowest BCUT2D eigenvalue weighted by Gasteiger charge is -2.11. The van der Waals surface area contributed by atoms with Crippen LogP contribution in [0.1, 0.15) is 35.3 Å². The Morgan fingerprint density at radius 1 is 1.23 bits per heavy atom. The second-order valence-electron chi connectivity index (χ2n) is 7.59. The maximum Gasteiger partial charge on any atom is 0.236 e. The molecule has 7 heteroatoms. The number of hydrogen-bond donors (Lipinski definition) is 1. The van der Waals surface area contributed by atoms with Gasteiger partial charge < -0.3 is 10.2 Å². The van der Waals surface area contributed by atoms with Crippen LogP contribution in [0.25, 0.3) is 11.0 Å². The zero-order chi connectivity index (χ0) is 21.9. The molecule has 1 aromatic carbocycles. The van der Waals surface area contributed by atoms with Crippen LogP contribution >= 0.6 is 0 Å². The summed E-state index contributed by atoms with van der Waals surface area (Å²) in [5.41, 5.74) is 11.0. The highest BCUT2D eigenvalue weighted by Gasteiger charge is 2.22. The first-order valence-electron chi connectivity index (χ1n) is 10.0. The van der Waals surface area contributed by atoms with E-state index >= 15 is 0 Å². The molecule has 30 heavy (non-hydrogen) atoms. The van der Waals surface area contributed by atoms with Crippen LogP contribution in [0, 0.1) is 20.8 Å². The summed E-state index contributed by atoms with van der Waals surface area (Å²) in [7, 11) is -3.37. The highest BCUT2D eigenvalue weighted by molar-refractivity contribution is 7.92. The number of nitrogens with zero attached hydrogens (tertiary/aromatic N) is 2. The van der Waals surface area contributed by atoms with Crippen LogP contribution < -0.4 is 5.73 Å². The first kappa shape index (κ1) is 22.1. The molecule has 2 heterocycles. The van der Waals surface area contributed by atoms with Crippen LogP contribution in [-0.4, -0.2) is 38.2 Å². The van der Waals surface area contributed by atoms with Crippen LogP contribution in [0.2, 0.25) is 0 Å². The third-order valence-corrected chi connectivity index (χ3v) is 6.98. The van der Waals surface area contributed by atoms with Gasteiger partial charge in [0.1, 0.15) is 5.58 Å². The fourth-order valence-corrected chi connectivity index (χ4v) is 4.86. The van der Waals surface area contributed by atoms with Crippen molar-refractivity contribution in [2.75, 3.05) is 19.6 Å². The minimum Gasteiger partial charge on any atom is -0.452 e. The molecule has 0 aliphatic carbocycles. The molecule has 0 saturated carbocycles. The Labute approximate surface area is 178 Å². The monoisotopic (exact) mass is 427 g/mol. The van der Waals surface area contributed by atoms with Gasteiger partial charge in [0.25, 0.3) is 0 Å². The van der Waals surface area contributed by atoms with Gasteiger partial charge in [0, 0.05) is 29.4 Å². The first-order valence-corrected chi connectivity index (χ1v) is 11.5. The zero-order valence-electron chi connectivity index (χ0n) is 17.8. The maximum atomic E-state index is 12.3. The number of benzene rings is 1. The zero-order valence-corrected chi connectivity index (χ0v) is 18.6. The quantitative estimate of drug-likeness (QED) is 0.409. The van der Waals surface area contributed by atoms with Gasteiger partial charge in [0.15, 0.2) is 11.6 Å². The van der Waals surface area contributed by atoms with Crippen molar-refractivity contribution in [3.63, 3.8) is 0 Å². The average molecular weight is 428 g/mol. The number of rotatable bonds is 7. The number of nitrogens with two attached hydrogens (primary N) is 1. The molecule has 0 bridgehead atoms. The molecule has 0 amide bonds. The van der Waals surface area contributed by atoms with Gasteiger partial charge in [-0.1, -0.05) is 30.9 Å². The predicted molar refractivity (Wildman–Crippen MR) is 123 cm³/mol. The van der Waals surface area contributed by atoms with E-state index in [0.717, 1.165) is 46.1 Å². The predicted octanol–water partition coefficient (Wildman–Crippen LogP) is 4.12. The molecule has 2 aromatic rings. The van der Waals surface area contributed by atoms with E-state index in [9.17, 15) is 8.42 Å². The molecule has 3 rings (SSSR count). The second-order valence-corrected chi connectivity index (χ2v) is 9.40. The van der Waals surface area contributed by atoms with Crippen molar-refractivity contribution in [1.29, 1.82) is 0 Å². The number of amidine groups is 1. The Kier molecular flexibility index (Phi) is 6.63. The Balaban J connectivity index is 1.79. The number of aliphatic imine (C=N–C) groups is 1. The summed E-state index contributed by atoms with van der Waals surface area (Å²) in [6.07, 6.45) is 6.68. The third kappa shape index (κ3) is 4.57. The van der Waals surface area contributed by atoms with Gasteiger partial charge in [0.05, 0.1) is 6.54 Å². The summed E-state index contributed by atoms with van der Waals surface area (Å²) < 4.78 is 32.0. The molecule has 1 aromatic heterocycles. The molecular weight excluding hydrogens is 398 g/mol. The van der Waals surface area contributed by atoms with Crippen molar-refractivity contribution in [3.05, 3.63) is 70.4 Å². The minimum atomic E-state index is -3.37. The Morgan fingerprint density at radius 3 is 2.53 bits per heavy atom. The van der Waals surface area contributed by atoms with Crippen molar-refractivity contribution >= 4 is 26.8 Å². The topological polar surface area (TPSA) is 88.9 Å². The summed E-state index contributed by atoms with van der Waals surface area (Å²) >= 11 is 0. The molecule has 0 unspecified atom stereocenters. The fourth-order valence-electron chi connectivity index (χ4n) is 3.64. The van der Waals surface area contributed by atoms with Crippen molar-refractivity contribution in [2.24, 2.45) is 10.7 Å². The lowest BCUT2D eigenvalue weighted by Crippen LogP contribution is -2.25. The molecule has 2 N–H and O–H groups in total. The lowest BCUT2D eigenvalue weighted by atomic mass is 10.0. The summed E-state index contributed by atoms with van der Waals surface area (Å²) in [5, 5.41) is 2.29. The van der Waals surface area contributed by atoms with Crippen molar-refractivity contribution < 1.29 is 12.8 Å². The highest BCUT2D eigenvalue weighted by atomic mass is 32.2. The Hall–Kier alpha value is -2.64. The smallest absolute Gasteiger partial charge is 0.236 e. The van der Waals surface area contributed by atoms with E-state index in [2.05, 4.69) is 17.6 Å². The molecule has 0 spiro atoms. The van der Waals surface area contributed by atoms with Gasteiger partial charge in [-0.2, -0.15) is 4.31 Å². The van der Waals surface area contributed by atoms with E-state index in [1.165, 1.54) is 15.8 Å². The van der Waals surface area contributed by atoms with E-state index < -0.39 is 10.0 Å². The molecule has 0 atom stereocenters. The fraction of sp³-hybridized carbons (Fsp3) is 0.348. The number of aryl methyl sites for hydroxylation is 3. The van der Waals surface area contributed by atoms with Crippen molar-refractivity contribution in [1.82, 2.24) is 4.31 Å². The van der Waals surface area contributed by atoms with Crippen LogP contribution in [-0.2, 0) is 10.0 Å². The largest absolute Gasteiger partial charge is 0.452 e. The van der Waals surface area contributed by atoms with E-state index in [4.69, 9.17) is 10.2 Å². The van der Waals surface area contributed by atoms with Crippen LogP contribution in [0.15, 0.2) is 57.3 Å².